The van der Waals surface area contributed by atoms with Crippen LogP contribution >= 0.6 is 0 Å². The van der Waals surface area contributed by atoms with Crippen LogP contribution in [-0.4, -0.2) is 16.9 Å². The minimum atomic E-state index is -0.132. The molecule has 1 fully saturated rings. The Kier molecular flexibility index (Phi) is 8.17. The van der Waals surface area contributed by atoms with Crippen molar-refractivity contribution in [3.8, 4) is 0 Å². The molecular weight excluding hydrogens is 324 g/mol. The summed E-state index contributed by atoms with van der Waals surface area (Å²) in [4.78, 5) is 17.1. The molecule has 0 unspecified atom stereocenters. The molecule has 0 bridgehead atoms. The van der Waals surface area contributed by atoms with Crippen molar-refractivity contribution in [1.29, 1.82) is 0 Å². The second kappa shape index (κ2) is 10.1. The van der Waals surface area contributed by atoms with Crippen molar-refractivity contribution in [3.05, 3.63) is 17.3 Å². The molecule has 1 aromatic heterocycles. The molecule has 0 spiro atoms. The van der Waals surface area contributed by atoms with Gasteiger partial charge in [-0.05, 0) is 19.8 Å². The summed E-state index contributed by atoms with van der Waals surface area (Å²) in [6.45, 7) is 8.16. The molecule has 0 aliphatic heterocycles. The summed E-state index contributed by atoms with van der Waals surface area (Å²) in [6.07, 6.45) is 14.4. The third kappa shape index (κ3) is 7.13. The van der Waals surface area contributed by atoms with Crippen molar-refractivity contribution in [2.75, 3.05) is 0 Å². The first-order chi connectivity index (χ1) is 12.4. The number of amides is 1. The van der Waals surface area contributed by atoms with E-state index in [4.69, 9.17) is 4.42 Å². The van der Waals surface area contributed by atoms with Crippen LogP contribution in [0.25, 0.3) is 0 Å². The van der Waals surface area contributed by atoms with E-state index in [0.717, 1.165) is 18.5 Å². The molecule has 148 valence electrons. The molecule has 0 saturated heterocycles. The predicted octanol–water partition coefficient (Wildman–Crippen LogP) is 5.61. The fraction of sp³-hybridized carbons (Fsp3) is 0.818. The van der Waals surface area contributed by atoms with Crippen molar-refractivity contribution in [3.63, 3.8) is 0 Å². The number of hydrogen-bond acceptors (Lipinski definition) is 3. The van der Waals surface area contributed by atoms with Crippen molar-refractivity contribution < 1.29 is 9.21 Å². The zero-order valence-corrected chi connectivity index (χ0v) is 17.3. The van der Waals surface area contributed by atoms with Crippen LogP contribution < -0.4 is 5.32 Å². The van der Waals surface area contributed by atoms with Gasteiger partial charge in [0.15, 0.2) is 5.89 Å². The molecule has 2 rings (SSSR count). The number of aromatic nitrogens is 1. The van der Waals surface area contributed by atoms with E-state index in [2.05, 4.69) is 31.1 Å². The van der Waals surface area contributed by atoms with Gasteiger partial charge in [-0.3, -0.25) is 4.79 Å². The maximum atomic E-state index is 12.6. The summed E-state index contributed by atoms with van der Waals surface area (Å²) in [6, 6.07) is 0.312. The molecule has 4 nitrogen and oxygen atoms in total. The zero-order chi connectivity index (χ0) is 19.0. The van der Waals surface area contributed by atoms with Crippen LogP contribution in [0.1, 0.15) is 109 Å². The van der Waals surface area contributed by atoms with E-state index < -0.39 is 0 Å². The highest BCUT2D eigenvalue weighted by Crippen LogP contribution is 2.24. The second-order valence-corrected chi connectivity index (χ2v) is 8.98. The van der Waals surface area contributed by atoms with Crippen LogP contribution in [0.3, 0.4) is 0 Å². The number of nitrogens with one attached hydrogen (secondary N) is 1. The smallest absolute Gasteiger partial charge is 0.227 e. The van der Waals surface area contributed by atoms with E-state index >= 15 is 0 Å². The zero-order valence-electron chi connectivity index (χ0n) is 17.3. The van der Waals surface area contributed by atoms with Gasteiger partial charge in [0.2, 0.25) is 5.91 Å². The number of carbonyl (C=O) groups excluding carboxylic acids is 1. The minimum absolute atomic E-state index is 0.0711. The van der Waals surface area contributed by atoms with Gasteiger partial charge < -0.3 is 9.73 Å². The van der Waals surface area contributed by atoms with E-state index in [1.165, 1.54) is 57.8 Å². The Morgan fingerprint density at radius 2 is 1.50 bits per heavy atom. The minimum Gasteiger partial charge on any atom is -0.444 e. The maximum Gasteiger partial charge on any atom is 0.227 e. The van der Waals surface area contributed by atoms with Gasteiger partial charge in [-0.15, -0.1) is 0 Å². The summed E-state index contributed by atoms with van der Waals surface area (Å²) in [5.41, 5.74) is 0.705. The third-order valence-corrected chi connectivity index (χ3v) is 5.33. The normalized spacial score (nSPS) is 18.8. The van der Waals surface area contributed by atoms with Gasteiger partial charge in [-0.25, -0.2) is 4.98 Å². The van der Waals surface area contributed by atoms with Crippen molar-refractivity contribution >= 4 is 5.91 Å². The highest BCUT2D eigenvalue weighted by Gasteiger charge is 2.23. The molecule has 0 atom stereocenters. The second-order valence-electron chi connectivity index (χ2n) is 8.98. The lowest BCUT2D eigenvalue weighted by Crippen LogP contribution is -2.36. The van der Waals surface area contributed by atoms with E-state index in [0.29, 0.717) is 24.1 Å². The maximum absolute atomic E-state index is 12.6. The number of hydrogen-bond donors (Lipinski definition) is 1. The van der Waals surface area contributed by atoms with Crippen LogP contribution in [-0.2, 0) is 16.6 Å². The Morgan fingerprint density at radius 3 is 1.96 bits per heavy atom. The van der Waals surface area contributed by atoms with Gasteiger partial charge in [0.05, 0.1) is 12.1 Å². The van der Waals surface area contributed by atoms with Crippen LogP contribution in [0.5, 0.6) is 0 Å². The molecule has 1 amide bonds. The molecule has 1 N–H and O–H groups in total. The van der Waals surface area contributed by atoms with Crippen molar-refractivity contribution in [1.82, 2.24) is 10.3 Å². The molecule has 26 heavy (non-hydrogen) atoms. The summed E-state index contributed by atoms with van der Waals surface area (Å²) in [5.74, 6) is 1.49. The Labute approximate surface area is 159 Å². The quantitative estimate of drug-likeness (QED) is 0.760. The van der Waals surface area contributed by atoms with Gasteiger partial charge in [0.1, 0.15) is 5.76 Å². The van der Waals surface area contributed by atoms with E-state index in [-0.39, 0.29) is 11.3 Å². The first-order valence-corrected chi connectivity index (χ1v) is 10.6. The summed E-state index contributed by atoms with van der Waals surface area (Å²) < 4.78 is 5.88. The summed E-state index contributed by atoms with van der Waals surface area (Å²) >= 11 is 0. The fourth-order valence-corrected chi connectivity index (χ4v) is 3.64. The number of oxazole rings is 1. The Balaban J connectivity index is 1.88. The summed E-state index contributed by atoms with van der Waals surface area (Å²) in [5, 5.41) is 3.27. The van der Waals surface area contributed by atoms with Gasteiger partial charge in [-0.2, -0.15) is 0 Å². The first kappa shape index (κ1) is 21.0. The lowest BCUT2D eigenvalue weighted by atomic mass is 9.97. The van der Waals surface area contributed by atoms with E-state index in [1.807, 2.05) is 6.92 Å². The van der Waals surface area contributed by atoms with Crippen LogP contribution in [0.4, 0.5) is 0 Å². The van der Waals surface area contributed by atoms with E-state index in [1.54, 1.807) is 0 Å². The lowest BCUT2D eigenvalue weighted by Gasteiger charge is -2.19. The number of rotatable bonds is 3. The van der Waals surface area contributed by atoms with Crippen molar-refractivity contribution in [2.45, 2.75) is 116 Å². The standard InChI is InChI=1S/C22H38N2O2/c1-17-19(26-21(23-17)22(2,3)4)16-20(25)24-18-14-12-10-8-6-5-7-9-11-13-15-18/h18H,5-16H2,1-4H3,(H,24,25). The lowest BCUT2D eigenvalue weighted by molar-refractivity contribution is -0.121. The molecule has 0 aromatic carbocycles. The highest BCUT2D eigenvalue weighted by atomic mass is 16.4. The molecule has 1 aliphatic carbocycles. The van der Waals surface area contributed by atoms with Crippen LogP contribution in [0.15, 0.2) is 4.42 Å². The SMILES string of the molecule is Cc1nc(C(C)(C)C)oc1CC(=O)NC1CCCCCCCCCCC1. The van der Waals surface area contributed by atoms with Crippen LogP contribution in [0.2, 0.25) is 0 Å². The molecule has 1 saturated carbocycles. The van der Waals surface area contributed by atoms with Crippen molar-refractivity contribution in [2.24, 2.45) is 0 Å². The molecule has 1 heterocycles. The average Bonchev–Trinajstić information content (AvgIpc) is 2.91. The highest BCUT2D eigenvalue weighted by molar-refractivity contribution is 5.78. The first-order valence-electron chi connectivity index (χ1n) is 10.6. The Morgan fingerprint density at radius 1 is 1.00 bits per heavy atom. The Bertz CT molecular complexity index is 545. The average molecular weight is 363 g/mol. The van der Waals surface area contributed by atoms with Crippen LogP contribution in [0, 0.1) is 6.92 Å². The van der Waals surface area contributed by atoms with Gasteiger partial charge in [-0.1, -0.05) is 78.6 Å². The van der Waals surface area contributed by atoms with Gasteiger partial charge >= 0.3 is 0 Å². The van der Waals surface area contributed by atoms with Gasteiger partial charge in [0, 0.05) is 11.5 Å². The number of carbonyl (C=O) groups is 1. The largest absolute Gasteiger partial charge is 0.444 e. The number of nitrogens with zero attached hydrogens (tertiary/aromatic N) is 1. The third-order valence-electron chi connectivity index (χ3n) is 5.33. The van der Waals surface area contributed by atoms with Gasteiger partial charge in [0.25, 0.3) is 0 Å². The topological polar surface area (TPSA) is 55.1 Å². The predicted molar refractivity (Wildman–Crippen MR) is 106 cm³/mol. The monoisotopic (exact) mass is 362 g/mol. The molecule has 0 radical (unpaired) electrons. The number of aryl methyl sites for hydroxylation is 1. The molecule has 1 aliphatic rings. The molecule has 1 aromatic rings. The fourth-order valence-electron chi connectivity index (χ4n) is 3.64. The molecule has 4 heteroatoms. The summed E-state index contributed by atoms with van der Waals surface area (Å²) in [7, 11) is 0. The molecular formula is C22H38N2O2. The van der Waals surface area contributed by atoms with E-state index in [9.17, 15) is 4.79 Å². The Hall–Kier alpha value is -1.32.